The maximum Gasteiger partial charge on any atom is 0.293 e. The van der Waals surface area contributed by atoms with Gasteiger partial charge in [-0.2, -0.15) is 0 Å². The third kappa shape index (κ3) is 3.18. The Balaban J connectivity index is 1.86. The van der Waals surface area contributed by atoms with Crippen LogP contribution in [0.25, 0.3) is 6.08 Å². The van der Waals surface area contributed by atoms with Crippen LogP contribution in [0.4, 0.5) is 9.18 Å². The van der Waals surface area contributed by atoms with Gasteiger partial charge in [-0.15, -0.1) is 0 Å². The highest BCUT2D eigenvalue weighted by molar-refractivity contribution is 8.18. The Morgan fingerprint density at radius 2 is 2.09 bits per heavy atom. The van der Waals surface area contributed by atoms with Crippen LogP contribution in [0.3, 0.4) is 0 Å². The number of imide groups is 1. The molecule has 1 saturated heterocycles. The van der Waals surface area contributed by atoms with Crippen LogP contribution in [0.1, 0.15) is 17.1 Å². The Morgan fingerprint density at radius 3 is 2.74 bits per heavy atom. The third-order valence-electron chi connectivity index (χ3n) is 3.29. The monoisotopic (exact) mass is 351 g/mol. The van der Waals surface area contributed by atoms with Crippen molar-refractivity contribution >= 4 is 40.6 Å². The molecule has 1 aromatic carbocycles. The highest BCUT2D eigenvalue weighted by atomic mass is 35.5. The van der Waals surface area contributed by atoms with Gasteiger partial charge in [0.25, 0.3) is 11.1 Å². The zero-order valence-electron chi connectivity index (χ0n) is 12.0. The molecule has 1 fully saturated rings. The van der Waals surface area contributed by atoms with E-state index in [4.69, 9.17) is 16.0 Å². The zero-order valence-corrected chi connectivity index (χ0v) is 13.6. The predicted molar refractivity (Wildman–Crippen MR) is 86.4 cm³/mol. The first kappa shape index (κ1) is 15.8. The molecular weight excluding hydrogens is 341 g/mol. The minimum Gasteiger partial charge on any atom is -0.462 e. The van der Waals surface area contributed by atoms with Crippen molar-refractivity contribution in [2.24, 2.45) is 0 Å². The first-order chi connectivity index (χ1) is 11.0. The van der Waals surface area contributed by atoms with Crippen molar-refractivity contribution in [1.82, 2.24) is 4.90 Å². The molecule has 0 unspecified atom stereocenters. The van der Waals surface area contributed by atoms with Crippen molar-refractivity contribution in [3.63, 3.8) is 0 Å². The van der Waals surface area contributed by atoms with Crippen molar-refractivity contribution in [3.8, 4) is 0 Å². The van der Waals surface area contributed by atoms with Gasteiger partial charge in [-0.25, -0.2) is 4.39 Å². The van der Waals surface area contributed by atoms with Crippen molar-refractivity contribution < 1.29 is 18.4 Å². The van der Waals surface area contributed by atoms with Gasteiger partial charge in [-0.3, -0.25) is 14.5 Å². The fourth-order valence-electron chi connectivity index (χ4n) is 2.14. The lowest BCUT2D eigenvalue weighted by atomic mass is 10.2. The number of amides is 2. The summed E-state index contributed by atoms with van der Waals surface area (Å²) in [5, 5.41) is -0.293. The summed E-state index contributed by atoms with van der Waals surface area (Å²) >= 11 is 6.74. The first-order valence-electron chi connectivity index (χ1n) is 6.70. The van der Waals surface area contributed by atoms with E-state index >= 15 is 0 Å². The Labute approximate surface area is 140 Å². The number of thioether (sulfide) groups is 1. The number of hydrogen-bond acceptors (Lipinski definition) is 4. The molecule has 2 heterocycles. The van der Waals surface area contributed by atoms with Gasteiger partial charge in [0.2, 0.25) is 0 Å². The minimum atomic E-state index is -0.554. The number of nitrogens with zero attached hydrogens (tertiary/aromatic N) is 1. The summed E-state index contributed by atoms with van der Waals surface area (Å²) in [7, 11) is 0. The fraction of sp³-hybridized carbons (Fsp3) is 0.125. The van der Waals surface area contributed by atoms with Crippen LogP contribution in [0.5, 0.6) is 0 Å². The fourth-order valence-corrected chi connectivity index (χ4v) is 3.18. The highest BCUT2D eigenvalue weighted by Crippen LogP contribution is 2.34. The van der Waals surface area contributed by atoms with Gasteiger partial charge in [0, 0.05) is 16.7 Å². The molecular formula is C16H11ClFNO3S. The van der Waals surface area contributed by atoms with Crippen LogP contribution >= 0.6 is 23.4 Å². The van der Waals surface area contributed by atoms with Gasteiger partial charge in [0.05, 0.1) is 11.4 Å². The summed E-state index contributed by atoms with van der Waals surface area (Å²) in [5.74, 6) is 0.140. The van der Waals surface area contributed by atoms with Gasteiger partial charge in [0.1, 0.15) is 17.3 Å². The standard InChI is InChI=1S/C16H11ClFNO3S/c1-9-5-6-10(22-9)7-14-15(20)19(16(21)23-14)8-11-12(17)3-2-4-13(11)18/h2-7H,8H2,1H3. The van der Waals surface area contributed by atoms with E-state index in [0.29, 0.717) is 11.5 Å². The largest absolute Gasteiger partial charge is 0.462 e. The van der Waals surface area contributed by atoms with Crippen LogP contribution < -0.4 is 0 Å². The third-order valence-corrected chi connectivity index (χ3v) is 4.55. The molecule has 4 nitrogen and oxygen atoms in total. The molecule has 0 N–H and O–H groups in total. The Bertz CT molecular complexity index is 810. The molecule has 0 saturated carbocycles. The van der Waals surface area contributed by atoms with E-state index in [1.807, 2.05) is 0 Å². The lowest BCUT2D eigenvalue weighted by molar-refractivity contribution is -0.123. The van der Waals surface area contributed by atoms with Crippen molar-refractivity contribution in [1.29, 1.82) is 0 Å². The summed E-state index contributed by atoms with van der Waals surface area (Å²) in [6.07, 6.45) is 1.50. The second kappa shape index (κ2) is 6.22. The van der Waals surface area contributed by atoms with E-state index in [-0.39, 0.29) is 22.0 Å². The van der Waals surface area contributed by atoms with Crippen molar-refractivity contribution in [2.45, 2.75) is 13.5 Å². The molecule has 3 rings (SSSR count). The lowest BCUT2D eigenvalue weighted by Crippen LogP contribution is -2.28. The van der Waals surface area contributed by atoms with Crippen molar-refractivity contribution in [3.05, 3.63) is 63.2 Å². The average Bonchev–Trinajstić information content (AvgIpc) is 3.01. The number of rotatable bonds is 3. The zero-order chi connectivity index (χ0) is 16.6. The van der Waals surface area contributed by atoms with Crippen LogP contribution in [0, 0.1) is 12.7 Å². The molecule has 0 radical (unpaired) electrons. The number of aryl methyl sites for hydroxylation is 1. The molecule has 1 aliphatic heterocycles. The summed E-state index contributed by atoms with van der Waals surface area (Å²) in [5.41, 5.74) is 0.117. The summed E-state index contributed by atoms with van der Waals surface area (Å²) in [6, 6.07) is 7.68. The molecule has 118 valence electrons. The van der Waals surface area contributed by atoms with E-state index < -0.39 is 17.0 Å². The molecule has 23 heavy (non-hydrogen) atoms. The van der Waals surface area contributed by atoms with Gasteiger partial charge in [-0.1, -0.05) is 17.7 Å². The van der Waals surface area contributed by atoms with E-state index in [0.717, 1.165) is 16.7 Å². The van der Waals surface area contributed by atoms with Crippen LogP contribution in [-0.2, 0) is 11.3 Å². The van der Waals surface area contributed by atoms with E-state index in [1.165, 1.54) is 24.3 Å². The van der Waals surface area contributed by atoms with Crippen LogP contribution in [0.2, 0.25) is 5.02 Å². The van der Waals surface area contributed by atoms with E-state index in [2.05, 4.69) is 0 Å². The molecule has 0 bridgehead atoms. The van der Waals surface area contributed by atoms with Crippen molar-refractivity contribution in [2.75, 3.05) is 0 Å². The maximum atomic E-state index is 13.8. The van der Waals surface area contributed by atoms with Crippen LogP contribution in [-0.4, -0.2) is 16.0 Å². The van der Waals surface area contributed by atoms with Gasteiger partial charge in [0.15, 0.2) is 0 Å². The molecule has 1 aliphatic rings. The second-order valence-corrected chi connectivity index (χ2v) is 6.32. The summed E-state index contributed by atoms with van der Waals surface area (Å²) in [6.45, 7) is 1.58. The molecule has 2 aromatic rings. The smallest absolute Gasteiger partial charge is 0.293 e. The molecule has 7 heteroatoms. The number of carbonyl (C=O) groups excluding carboxylic acids is 2. The first-order valence-corrected chi connectivity index (χ1v) is 7.90. The number of hydrogen-bond donors (Lipinski definition) is 0. The maximum absolute atomic E-state index is 13.8. The topological polar surface area (TPSA) is 50.5 Å². The van der Waals surface area contributed by atoms with Gasteiger partial charge in [-0.05, 0) is 43.0 Å². The Morgan fingerprint density at radius 1 is 1.30 bits per heavy atom. The highest BCUT2D eigenvalue weighted by Gasteiger charge is 2.36. The Kier molecular flexibility index (Phi) is 4.28. The second-order valence-electron chi connectivity index (χ2n) is 4.92. The number of halogens is 2. The van der Waals surface area contributed by atoms with Crippen LogP contribution in [0.15, 0.2) is 39.7 Å². The molecule has 0 atom stereocenters. The quantitative estimate of drug-likeness (QED) is 0.757. The number of benzene rings is 1. The molecule has 1 aromatic heterocycles. The van der Waals surface area contributed by atoms with Gasteiger partial charge >= 0.3 is 0 Å². The SMILES string of the molecule is Cc1ccc(C=C2SC(=O)N(Cc3c(F)cccc3Cl)C2=O)o1. The van der Waals surface area contributed by atoms with E-state index in [9.17, 15) is 14.0 Å². The molecule has 0 aliphatic carbocycles. The summed E-state index contributed by atoms with van der Waals surface area (Å²) < 4.78 is 19.2. The Hall–Kier alpha value is -2.05. The minimum absolute atomic E-state index is 0.117. The lowest BCUT2D eigenvalue weighted by Gasteiger charge is -2.14. The molecule has 0 spiro atoms. The number of carbonyl (C=O) groups is 2. The van der Waals surface area contributed by atoms with E-state index in [1.54, 1.807) is 19.1 Å². The normalized spacial score (nSPS) is 16.7. The predicted octanol–water partition coefficient (Wildman–Crippen LogP) is 4.62. The average molecular weight is 352 g/mol. The number of furan rings is 1. The van der Waals surface area contributed by atoms with Gasteiger partial charge < -0.3 is 4.42 Å². The summed E-state index contributed by atoms with van der Waals surface area (Å²) in [4.78, 5) is 25.6. The molecule has 2 amide bonds.